The van der Waals surface area contributed by atoms with Gasteiger partial charge in [-0.1, -0.05) is 23.2 Å². The molecule has 1 aromatic rings. The van der Waals surface area contributed by atoms with Gasteiger partial charge in [0.25, 0.3) is 0 Å². The van der Waals surface area contributed by atoms with Crippen molar-refractivity contribution < 1.29 is 8.42 Å². The molecule has 0 N–H and O–H groups in total. The van der Waals surface area contributed by atoms with Gasteiger partial charge in [-0.25, -0.2) is 12.7 Å². The van der Waals surface area contributed by atoms with Crippen LogP contribution in [-0.4, -0.2) is 51.9 Å². The predicted molar refractivity (Wildman–Crippen MR) is 89.0 cm³/mol. The molecule has 0 aliphatic carbocycles. The van der Waals surface area contributed by atoms with Crippen LogP contribution in [0, 0.1) is 0 Å². The molecule has 0 fully saturated rings. The summed E-state index contributed by atoms with van der Waals surface area (Å²) in [5, 5.41) is 0.434. The highest BCUT2D eigenvalue weighted by atomic mass is 35.5. The van der Waals surface area contributed by atoms with Crippen molar-refractivity contribution in [1.29, 1.82) is 0 Å². The van der Waals surface area contributed by atoms with Gasteiger partial charge in [0, 0.05) is 24.5 Å². The zero-order chi connectivity index (χ0) is 16.2. The van der Waals surface area contributed by atoms with E-state index >= 15 is 0 Å². The highest BCUT2D eigenvalue weighted by molar-refractivity contribution is 7.89. The summed E-state index contributed by atoms with van der Waals surface area (Å²) < 4.78 is 26.4. The van der Waals surface area contributed by atoms with E-state index in [2.05, 4.69) is 0 Å². The highest BCUT2D eigenvalue weighted by Crippen LogP contribution is 2.32. The third-order valence-corrected chi connectivity index (χ3v) is 5.94. The van der Waals surface area contributed by atoms with E-state index in [-0.39, 0.29) is 15.8 Å². The number of benzene rings is 1. The molecule has 0 unspecified atom stereocenters. The molecule has 0 aliphatic rings. The van der Waals surface area contributed by atoms with E-state index in [4.69, 9.17) is 34.8 Å². The van der Waals surface area contributed by atoms with Crippen LogP contribution in [0.1, 0.15) is 12.0 Å². The van der Waals surface area contributed by atoms with Gasteiger partial charge in [-0.3, -0.25) is 0 Å². The second kappa shape index (κ2) is 7.99. The van der Waals surface area contributed by atoms with Crippen LogP contribution in [0.5, 0.6) is 0 Å². The molecule has 0 bridgehead atoms. The molecule has 0 atom stereocenters. The van der Waals surface area contributed by atoms with Crippen LogP contribution in [0.25, 0.3) is 0 Å². The minimum absolute atomic E-state index is 0.000306. The molecular weight excluding hydrogens is 355 g/mol. The minimum atomic E-state index is -3.68. The van der Waals surface area contributed by atoms with Gasteiger partial charge in [0.2, 0.25) is 10.0 Å². The van der Waals surface area contributed by atoms with Crippen molar-refractivity contribution >= 4 is 44.8 Å². The predicted octanol–water partition coefficient (Wildman–Crippen LogP) is 3.30. The fraction of sp³-hybridized carbons (Fsp3) is 0.538. The number of alkyl halides is 1. The fourth-order valence-corrected chi connectivity index (χ4v) is 4.19. The molecule has 21 heavy (non-hydrogen) atoms. The topological polar surface area (TPSA) is 40.6 Å². The van der Waals surface area contributed by atoms with Gasteiger partial charge in [0.15, 0.2) is 0 Å². The molecule has 0 saturated heterocycles. The molecule has 4 nitrogen and oxygen atoms in total. The average Bonchev–Trinajstić information content (AvgIpc) is 2.40. The molecule has 0 aromatic heterocycles. The normalized spacial score (nSPS) is 12.4. The van der Waals surface area contributed by atoms with E-state index in [9.17, 15) is 8.42 Å². The summed E-state index contributed by atoms with van der Waals surface area (Å²) in [4.78, 5) is 2.00. The number of halogens is 3. The van der Waals surface area contributed by atoms with E-state index in [1.165, 1.54) is 17.4 Å². The van der Waals surface area contributed by atoms with Gasteiger partial charge in [-0.05, 0) is 44.8 Å². The molecule has 0 saturated carbocycles. The van der Waals surface area contributed by atoms with Crippen LogP contribution in [0.4, 0.5) is 0 Å². The first-order chi connectivity index (χ1) is 9.70. The number of rotatable bonds is 7. The van der Waals surface area contributed by atoms with E-state index in [0.717, 1.165) is 13.0 Å². The van der Waals surface area contributed by atoms with Crippen LogP contribution in [0.15, 0.2) is 17.0 Å². The summed E-state index contributed by atoms with van der Waals surface area (Å²) in [5.41, 5.74) is 0.506. The second-order valence-electron chi connectivity index (χ2n) is 4.99. The highest BCUT2D eigenvalue weighted by Gasteiger charge is 2.25. The summed E-state index contributed by atoms with van der Waals surface area (Å²) in [5.74, 6) is 0.103. The summed E-state index contributed by atoms with van der Waals surface area (Å²) in [6.07, 6.45) is 0.725. The van der Waals surface area contributed by atoms with Crippen LogP contribution in [0.3, 0.4) is 0 Å². The van der Waals surface area contributed by atoms with Crippen LogP contribution < -0.4 is 0 Å². The smallest absolute Gasteiger partial charge is 0.244 e. The third kappa shape index (κ3) is 4.98. The molecule has 1 rings (SSSR count). The SMILES string of the molecule is CN(C)CCCN(C)S(=O)(=O)c1cc(Cl)cc(CCl)c1Cl. The van der Waals surface area contributed by atoms with Gasteiger partial charge >= 0.3 is 0 Å². The maximum atomic E-state index is 12.6. The number of hydrogen-bond acceptors (Lipinski definition) is 3. The van der Waals surface area contributed by atoms with Gasteiger partial charge < -0.3 is 4.90 Å². The maximum Gasteiger partial charge on any atom is 0.244 e. The summed E-state index contributed by atoms with van der Waals surface area (Å²) in [6, 6.07) is 2.93. The Kier molecular flexibility index (Phi) is 7.24. The largest absolute Gasteiger partial charge is 0.309 e. The molecular formula is C13H19Cl3N2O2S. The minimum Gasteiger partial charge on any atom is -0.309 e. The lowest BCUT2D eigenvalue weighted by Crippen LogP contribution is -2.30. The summed E-state index contributed by atoms with van der Waals surface area (Å²) in [6.45, 7) is 1.20. The molecule has 0 amide bonds. The van der Waals surface area contributed by atoms with Crippen molar-refractivity contribution in [2.24, 2.45) is 0 Å². The fourth-order valence-electron chi connectivity index (χ4n) is 1.80. The molecule has 0 heterocycles. The average molecular weight is 374 g/mol. The van der Waals surface area contributed by atoms with Crippen molar-refractivity contribution in [3.63, 3.8) is 0 Å². The van der Waals surface area contributed by atoms with Gasteiger partial charge in [-0.15, -0.1) is 11.6 Å². The molecule has 120 valence electrons. The van der Waals surface area contributed by atoms with E-state index in [0.29, 0.717) is 17.1 Å². The monoisotopic (exact) mass is 372 g/mol. The number of sulfonamides is 1. The van der Waals surface area contributed by atoms with Gasteiger partial charge in [-0.2, -0.15) is 0 Å². The zero-order valence-electron chi connectivity index (χ0n) is 12.2. The number of hydrogen-bond donors (Lipinski definition) is 0. The van der Waals surface area contributed by atoms with Gasteiger partial charge in [0.1, 0.15) is 4.90 Å². The Morgan fingerprint density at radius 1 is 1.10 bits per heavy atom. The van der Waals surface area contributed by atoms with Crippen molar-refractivity contribution in [2.75, 3.05) is 34.2 Å². The Balaban J connectivity index is 3.05. The molecule has 1 aromatic carbocycles. The molecule has 8 heteroatoms. The van der Waals surface area contributed by atoms with E-state index < -0.39 is 10.0 Å². The molecule has 0 spiro atoms. The lowest BCUT2D eigenvalue weighted by molar-refractivity contribution is 0.370. The van der Waals surface area contributed by atoms with Gasteiger partial charge in [0.05, 0.1) is 5.02 Å². The third-order valence-electron chi connectivity index (χ3n) is 2.99. The van der Waals surface area contributed by atoms with Crippen LogP contribution in [0.2, 0.25) is 10.0 Å². The van der Waals surface area contributed by atoms with Crippen LogP contribution in [-0.2, 0) is 15.9 Å². The maximum absolute atomic E-state index is 12.6. The lowest BCUT2D eigenvalue weighted by Gasteiger charge is -2.20. The summed E-state index contributed by atoms with van der Waals surface area (Å²) in [7, 11) is 1.73. The summed E-state index contributed by atoms with van der Waals surface area (Å²) >= 11 is 17.9. The zero-order valence-corrected chi connectivity index (χ0v) is 15.3. The molecule has 0 radical (unpaired) electrons. The van der Waals surface area contributed by atoms with E-state index in [1.54, 1.807) is 6.07 Å². The first kappa shape index (κ1) is 19.0. The Bertz CT molecular complexity index is 591. The Labute approximate surface area is 141 Å². The first-order valence-electron chi connectivity index (χ1n) is 6.35. The Morgan fingerprint density at radius 3 is 2.24 bits per heavy atom. The first-order valence-corrected chi connectivity index (χ1v) is 9.08. The molecule has 0 aliphatic heterocycles. The lowest BCUT2D eigenvalue weighted by atomic mass is 10.2. The second-order valence-corrected chi connectivity index (χ2v) is 8.09. The van der Waals surface area contributed by atoms with Crippen molar-refractivity contribution in [2.45, 2.75) is 17.2 Å². The Hall–Kier alpha value is -0.0400. The quantitative estimate of drug-likeness (QED) is 0.689. The standard InChI is InChI=1S/C13H19Cl3N2O2S/c1-17(2)5-4-6-18(3)21(19,20)12-8-11(15)7-10(9-14)13(12)16/h7-8H,4-6,9H2,1-3H3. The Morgan fingerprint density at radius 2 is 1.71 bits per heavy atom. The van der Waals surface area contributed by atoms with Crippen molar-refractivity contribution in [3.8, 4) is 0 Å². The number of nitrogens with zero attached hydrogens (tertiary/aromatic N) is 2. The van der Waals surface area contributed by atoms with Crippen molar-refractivity contribution in [1.82, 2.24) is 9.21 Å². The van der Waals surface area contributed by atoms with E-state index in [1.807, 2.05) is 19.0 Å². The van der Waals surface area contributed by atoms with Crippen molar-refractivity contribution in [3.05, 3.63) is 27.7 Å². The van der Waals surface area contributed by atoms with Crippen LogP contribution >= 0.6 is 34.8 Å².